The topological polar surface area (TPSA) is 49.9 Å². The lowest BCUT2D eigenvalue weighted by Crippen LogP contribution is -2.40. The molecule has 0 N–H and O–H groups in total. The number of amides is 3. The van der Waals surface area contributed by atoms with Gasteiger partial charge in [0.2, 0.25) is 0 Å². The van der Waals surface area contributed by atoms with Crippen LogP contribution < -0.4 is 0 Å². The van der Waals surface area contributed by atoms with E-state index in [0.29, 0.717) is 13.0 Å². The molecule has 2 heterocycles. The fraction of sp³-hybridized carbons (Fsp3) is 0.529. The maximum absolute atomic E-state index is 12.8. The molecule has 3 rings (SSSR count). The largest absolute Gasteiger partial charge is 0.380 e. The van der Waals surface area contributed by atoms with Gasteiger partial charge in [0.25, 0.3) is 5.91 Å². The smallest absolute Gasteiger partial charge is 0.328 e. The van der Waals surface area contributed by atoms with Gasteiger partial charge in [-0.25, -0.2) is 4.79 Å². The van der Waals surface area contributed by atoms with Crippen molar-refractivity contribution in [2.75, 3.05) is 13.7 Å². The fourth-order valence-corrected chi connectivity index (χ4v) is 3.55. The Hall–Kier alpha value is -1.88. The predicted molar refractivity (Wildman–Crippen MR) is 82.2 cm³/mol. The number of urea groups is 1. The molecule has 0 unspecified atom stereocenters. The van der Waals surface area contributed by atoms with Crippen molar-refractivity contribution in [1.29, 1.82) is 0 Å². The van der Waals surface area contributed by atoms with E-state index < -0.39 is 0 Å². The number of fused-ring (bicyclic) bond motifs is 1. The Balaban J connectivity index is 1.91. The molecule has 3 amide bonds. The summed E-state index contributed by atoms with van der Waals surface area (Å²) in [5.41, 5.74) is 1.00. The van der Waals surface area contributed by atoms with Gasteiger partial charge in [0.05, 0.1) is 12.1 Å². The zero-order chi connectivity index (χ0) is 15.9. The minimum atomic E-state index is -0.359. The van der Waals surface area contributed by atoms with E-state index in [2.05, 4.69) is 0 Å². The second-order valence-electron chi connectivity index (χ2n) is 6.35. The molecule has 1 aromatic carbocycles. The number of carbonyl (C=O) groups excluding carboxylic acids is 2. The predicted octanol–water partition coefficient (Wildman–Crippen LogP) is 2.44. The Bertz CT molecular complexity index is 549. The fourth-order valence-electron chi connectivity index (χ4n) is 3.55. The first-order valence-electron chi connectivity index (χ1n) is 7.76. The van der Waals surface area contributed by atoms with Gasteiger partial charge in [0.1, 0.15) is 6.04 Å². The normalized spacial score (nSPS) is 26.0. The third-order valence-electron chi connectivity index (χ3n) is 4.62. The third-order valence-corrected chi connectivity index (χ3v) is 4.62. The number of hydrogen-bond acceptors (Lipinski definition) is 3. The van der Waals surface area contributed by atoms with Crippen LogP contribution in [-0.4, -0.2) is 47.5 Å². The van der Waals surface area contributed by atoms with Crippen molar-refractivity contribution in [3.05, 3.63) is 35.9 Å². The van der Waals surface area contributed by atoms with E-state index >= 15 is 0 Å². The number of imide groups is 1. The van der Waals surface area contributed by atoms with Gasteiger partial charge in [-0.05, 0) is 11.5 Å². The molecule has 0 saturated carbocycles. The molecule has 5 heteroatoms. The highest BCUT2D eigenvalue weighted by Crippen LogP contribution is 2.37. The summed E-state index contributed by atoms with van der Waals surface area (Å²) in [6.45, 7) is 4.58. The number of nitrogens with zero attached hydrogens (tertiary/aromatic N) is 2. The van der Waals surface area contributed by atoms with E-state index in [1.165, 1.54) is 4.90 Å². The maximum atomic E-state index is 12.8. The maximum Gasteiger partial charge on any atom is 0.328 e. The van der Waals surface area contributed by atoms with E-state index in [0.717, 1.165) is 5.56 Å². The molecule has 1 aromatic rings. The molecule has 0 spiro atoms. The zero-order valence-corrected chi connectivity index (χ0v) is 13.2. The van der Waals surface area contributed by atoms with Crippen LogP contribution in [0.25, 0.3) is 0 Å². The Kier molecular flexibility index (Phi) is 3.91. The summed E-state index contributed by atoms with van der Waals surface area (Å²) in [7, 11) is 1.63. The van der Waals surface area contributed by atoms with E-state index in [9.17, 15) is 9.59 Å². The minimum absolute atomic E-state index is 0.0331. The van der Waals surface area contributed by atoms with Gasteiger partial charge < -0.3 is 9.64 Å². The van der Waals surface area contributed by atoms with Crippen molar-refractivity contribution in [2.24, 2.45) is 5.92 Å². The first-order valence-corrected chi connectivity index (χ1v) is 7.76. The number of carbonyl (C=O) groups is 2. The summed E-state index contributed by atoms with van der Waals surface area (Å²) in [6.07, 6.45) is 0.561. The standard InChI is InChI=1S/C17H22N2O3/c1-11(2)15(12-7-5-4-6-8-12)19-16(20)14-9-13(22-3)10-18(14)17(19)21/h4-8,11,13-15H,9-10H2,1-3H3/t13-,14+,15-/m1/s1. The Morgan fingerprint density at radius 2 is 1.86 bits per heavy atom. The van der Waals surface area contributed by atoms with Crippen molar-refractivity contribution in [3.63, 3.8) is 0 Å². The number of methoxy groups -OCH3 is 1. The van der Waals surface area contributed by atoms with E-state index in [-0.39, 0.29) is 36.0 Å². The van der Waals surface area contributed by atoms with E-state index in [1.807, 2.05) is 44.2 Å². The van der Waals surface area contributed by atoms with Crippen LogP contribution in [0, 0.1) is 5.92 Å². The molecule has 0 aromatic heterocycles. The first-order chi connectivity index (χ1) is 10.5. The second kappa shape index (κ2) is 5.72. The molecule has 3 atom stereocenters. The highest BCUT2D eigenvalue weighted by Gasteiger charge is 2.53. The van der Waals surface area contributed by atoms with Crippen LogP contribution in [0.4, 0.5) is 4.79 Å². The van der Waals surface area contributed by atoms with Gasteiger partial charge in [-0.2, -0.15) is 0 Å². The number of benzene rings is 1. The van der Waals surface area contributed by atoms with Gasteiger partial charge in [-0.3, -0.25) is 9.69 Å². The molecule has 118 valence electrons. The van der Waals surface area contributed by atoms with Crippen LogP contribution in [0.2, 0.25) is 0 Å². The van der Waals surface area contributed by atoms with Gasteiger partial charge in [0, 0.05) is 20.1 Å². The average molecular weight is 302 g/mol. The summed E-state index contributed by atoms with van der Waals surface area (Å²) >= 11 is 0. The van der Waals surface area contributed by atoms with Crippen molar-refractivity contribution in [3.8, 4) is 0 Å². The van der Waals surface area contributed by atoms with Gasteiger partial charge in [0.15, 0.2) is 0 Å². The van der Waals surface area contributed by atoms with E-state index in [4.69, 9.17) is 4.74 Å². The van der Waals surface area contributed by atoms with Crippen molar-refractivity contribution < 1.29 is 14.3 Å². The molecule has 0 aliphatic carbocycles. The summed E-state index contributed by atoms with van der Waals surface area (Å²) in [5.74, 6) is 0.0700. The highest BCUT2D eigenvalue weighted by atomic mass is 16.5. The second-order valence-corrected chi connectivity index (χ2v) is 6.35. The monoisotopic (exact) mass is 302 g/mol. The summed E-state index contributed by atoms with van der Waals surface area (Å²) in [4.78, 5) is 28.7. The zero-order valence-electron chi connectivity index (χ0n) is 13.2. The van der Waals surface area contributed by atoms with Crippen LogP contribution in [0.15, 0.2) is 30.3 Å². The molecule has 2 aliphatic heterocycles. The summed E-state index contributed by atoms with van der Waals surface area (Å²) < 4.78 is 5.31. The van der Waals surface area contributed by atoms with Gasteiger partial charge in [-0.1, -0.05) is 44.2 Å². The molecular formula is C17H22N2O3. The number of ether oxygens (including phenoxy) is 1. The lowest BCUT2D eigenvalue weighted by Gasteiger charge is -2.30. The van der Waals surface area contributed by atoms with Crippen molar-refractivity contribution >= 4 is 11.9 Å². The van der Waals surface area contributed by atoms with Crippen molar-refractivity contribution in [2.45, 2.75) is 38.5 Å². The minimum Gasteiger partial charge on any atom is -0.380 e. The summed E-state index contributed by atoms with van der Waals surface area (Å²) in [5, 5.41) is 0. The van der Waals surface area contributed by atoms with Gasteiger partial charge >= 0.3 is 6.03 Å². The number of hydrogen-bond donors (Lipinski definition) is 0. The molecule has 22 heavy (non-hydrogen) atoms. The molecule has 2 aliphatic rings. The van der Waals surface area contributed by atoms with Crippen LogP contribution in [0.3, 0.4) is 0 Å². The quantitative estimate of drug-likeness (QED) is 0.803. The lowest BCUT2D eigenvalue weighted by molar-refractivity contribution is -0.130. The highest BCUT2D eigenvalue weighted by molar-refractivity contribution is 6.05. The molecular weight excluding hydrogens is 280 g/mol. The first kappa shape index (κ1) is 15.0. The molecule has 0 radical (unpaired) electrons. The SMILES string of the molecule is CO[C@@H]1C[C@H]2C(=O)N([C@@H](c3ccccc3)C(C)C)C(=O)N2C1. The Morgan fingerprint density at radius 3 is 2.41 bits per heavy atom. The third kappa shape index (κ3) is 2.29. The molecule has 2 saturated heterocycles. The van der Waals surface area contributed by atoms with Crippen molar-refractivity contribution in [1.82, 2.24) is 9.80 Å². The molecule has 0 bridgehead atoms. The average Bonchev–Trinajstić information content (AvgIpc) is 3.03. The van der Waals surface area contributed by atoms with E-state index in [1.54, 1.807) is 12.0 Å². The molecule has 2 fully saturated rings. The van der Waals surface area contributed by atoms with Crippen LogP contribution in [0.5, 0.6) is 0 Å². The lowest BCUT2D eigenvalue weighted by atomic mass is 9.94. The number of rotatable bonds is 4. The van der Waals surface area contributed by atoms with Crippen LogP contribution in [0.1, 0.15) is 31.9 Å². The van der Waals surface area contributed by atoms with Crippen LogP contribution in [-0.2, 0) is 9.53 Å². The Morgan fingerprint density at radius 1 is 1.18 bits per heavy atom. The van der Waals surface area contributed by atoms with Gasteiger partial charge in [-0.15, -0.1) is 0 Å². The Labute approximate surface area is 130 Å². The molecule has 5 nitrogen and oxygen atoms in total. The summed E-state index contributed by atoms with van der Waals surface area (Å²) in [6, 6.07) is 9.03. The van der Waals surface area contributed by atoms with Crippen LogP contribution >= 0.6 is 0 Å².